The van der Waals surface area contributed by atoms with Gasteiger partial charge in [0, 0.05) is 12.6 Å². The van der Waals surface area contributed by atoms with E-state index in [0.29, 0.717) is 34.5 Å². The number of hydrogen-bond acceptors (Lipinski definition) is 6. The molecule has 0 aliphatic carbocycles. The van der Waals surface area contributed by atoms with Crippen LogP contribution in [0.5, 0.6) is 5.75 Å². The number of H-pyrrole nitrogens is 1. The number of nitrogen functional groups attached to an aromatic ring is 1. The minimum absolute atomic E-state index is 0.186. The third-order valence-corrected chi connectivity index (χ3v) is 5.52. The van der Waals surface area contributed by atoms with Crippen LogP contribution in [0.2, 0.25) is 5.02 Å². The van der Waals surface area contributed by atoms with Crippen LogP contribution in [0.15, 0.2) is 18.3 Å². The number of nitrogens with two attached hydrogens (primary N) is 1. The number of amides is 1. The number of aryl methyl sites for hydroxylation is 1. The number of likely N-dealkylation sites (tertiary alicyclic amines) is 1. The van der Waals surface area contributed by atoms with E-state index < -0.39 is 0 Å². The van der Waals surface area contributed by atoms with Crippen molar-refractivity contribution in [3.63, 3.8) is 0 Å². The molecule has 9 heteroatoms. The molecular formula is C19H27ClN6O2. The number of carbonyl (C=O) groups is 1. The van der Waals surface area contributed by atoms with Crippen molar-refractivity contribution < 1.29 is 9.53 Å². The fourth-order valence-corrected chi connectivity index (χ4v) is 3.66. The van der Waals surface area contributed by atoms with Gasteiger partial charge in [-0.1, -0.05) is 11.6 Å². The van der Waals surface area contributed by atoms with Gasteiger partial charge in [-0.3, -0.25) is 4.79 Å². The van der Waals surface area contributed by atoms with Crippen molar-refractivity contribution >= 4 is 23.2 Å². The van der Waals surface area contributed by atoms with E-state index in [2.05, 4.69) is 25.6 Å². The van der Waals surface area contributed by atoms with Gasteiger partial charge in [-0.15, -0.1) is 0 Å². The highest BCUT2D eigenvalue weighted by molar-refractivity contribution is 6.33. The van der Waals surface area contributed by atoms with Gasteiger partial charge >= 0.3 is 0 Å². The minimum Gasteiger partial charge on any atom is -0.496 e. The summed E-state index contributed by atoms with van der Waals surface area (Å²) in [4.78, 5) is 15.0. The number of methoxy groups -OCH3 is 1. The molecule has 0 bridgehead atoms. The van der Waals surface area contributed by atoms with Crippen molar-refractivity contribution in [2.75, 3.05) is 39.0 Å². The second-order valence-electron chi connectivity index (χ2n) is 7.13. The highest BCUT2D eigenvalue weighted by Crippen LogP contribution is 2.29. The van der Waals surface area contributed by atoms with E-state index in [-0.39, 0.29) is 5.91 Å². The number of ether oxygens (including phenoxy) is 1. The van der Waals surface area contributed by atoms with Crippen LogP contribution < -0.4 is 15.8 Å². The Balaban J connectivity index is 1.40. The topological polar surface area (TPSA) is 109 Å². The van der Waals surface area contributed by atoms with E-state index >= 15 is 0 Å². The van der Waals surface area contributed by atoms with Crippen LogP contribution in [0.25, 0.3) is 0 Å². The van der Waals surface area contributed by atoms with E-state index in [1.807, 2.05) is 0 Å². The summed E-state index contributed by atoms with van der Waals surface area (Å²) in [7, 11) is 1.51. The Bertz CT molecular complexity index is 775. The first-order valence-electron chi connectivity index (χ1n) is 9.55. The SMILES string of the molecule is COc1cc(N)c(Cl)cc1C(=O)NCC1CCN(CCCc2cn[nH]n2)CC1. The summed E-state index contributed by atoms with van der Waals surface area (Å²) in [5, 5.41) is 13.9. The van der Waals surface area contributed by atoms with Crippen molar-refractivity contribution in [2.45, 2.75) is 25.7 Å². The maximum atomic E-state index is 12.5. The molecule has 2 aromatic rings. The summed E-state index contributed by atoms with van der Waals surface area (Å²) in [6, 6.07) is 3.14. The molecule has 152 valence electrons. The van der Waals surface area contributed by atoms with Crippen molar-refractivity contribution in [1.29, 1.82) is 0 Å². The first kappa shape index (κ1) is 20.4. The van der Waals surface area contributed by atoms with Gasteiger partial charge in [0.2, 0.25) is 0 Å². The van der Waals surface area contributed by atoms with Gasteiger partial charge in [0.15, 0.2) is 0 Å². The number of benzene rings is 1. The molecule has 8 nitrogen and oxygen atoms in total. The largest absolute Gasteiger partial charge is 0.496 e. The zero-order chi connectivity index (χ0) is 19.9. The lowest BCUT2D eigenvalue weighted by molar-refractivity contribution is 0.0933. The fraction of sp³-hybridized carbons (Fsp3) is 0.526. The number of halogens is 1. The lowest BCUT2D eigenvalue weighted by Crippen LogP contribution is -2.39. The summed E-state index contributed by atoms with van der Waals surface area (Å²) in [6.45, 7) is 3.82. The summed E-state index contributed by atoms with van der Waals surface area (Å²) >= 11 is 6.05. The molecule has 1 fully saturated rings. The predicted octanol–water partition coefficient (Wildman–Crippen LogP) is 2.12. The number of hydrogen-bond donors (Lipinski definition) is 3. The molecule has 0 atom stereocenters. The van der Waals surface area contributed by atoms with Gasteiger partial charge in [-0.05, 0) is 57.3 Å². The average molecular weight is 407 g/mol. The molecule has 1 aromatic carbocycles. The van der Waals surface area contributed by atoms with Gasteiger partial charge in [-0.25, -0.2) is 0 Å². The van der Waals surface area contributed by atoms with Crippen LogP contribution in [0, 0.1) is 5.92 Å². The Kier molecular flexibility index (Phi) is 7.11. The Morgan fingerprint density at radius 2 is 2.21 bits per heavy atom. The minimum atomic E-state index is -0.186. The van der Waals surface area contributed by atoms with Crippen molar-refractivity contribution in [3.8, 4) is 5.75 Å². The number of rotatable bonds is 8. The lowest BCUT2D eigenvalue weighted by atomic mass is 9.96. The molecule has 0 saturated carbocycles. The summed E-state index contributed by atoms with van der Waals surface area (Å²) in [5.74, 6) is 0.723. The third kappa shape index (κ3) is 5.36. The summed E-state index contributed by atoms with van der Waals surface area (Å²) in [6.07, 6.45) is 5.94. The second kappa shape index (κ2) is 9.75. The first-order chi connectivity index (χ1) is 13.6. The maximum absolute atomic E-state index is 12.5. The van der Waals surface area contributed by atoms with E-state index in [1.165, 1.54) is 7.11 Å². The molecule has 0 unspecified atom stereocenters. The number of nitrogens with zero attached hydrogens (tertiary/aromatic N) is 3. The van der Waals surface area contributed by atoms with E-state index in [1.54, 1.807) is 18.3 Å². The number of nitrogens with one attached hydrogen (secondary N) is 2. The molecule has 3 rings (SSSR count). The predicted molar refractivity (Wildman–Crippen MR) is 109 cm³/mol. The molecule has 2 heterocycles. The molecule has 1 aromatic heterocycles. The van der Waals surface area contributed by atoms with Gasteiger partial charge < -0.3 is 20.7 Å². The summed E-state index contributed by atoms with van der Waals surface area (Å²) in [5.41, 5.74) is 7.59. The van der Waals surface area contributed by atoms with Crippen molar-refractivity contribution in [2.24, 2.45) is 5.92 Å². The molecule has 28 heavy (non-hydrogen) atoms. The molecular weight excluding hydrogens is 380 g/mol. The zero-order valence-corrected chi connectivity index (χ0v) is 16.8. The summed E-state index contributed by atoms with van der Waals surface area (Å²) < 4.78 is 5.26. The van der Waals surface area contributed by atoms with Crippen LogP contribution in [0.1, 0.15) is 35.3 Å². The highest BCUT2D eigenvalue weighted by Gasteiger charge is 2.21. The third-order valence-electron chi connectivity index (χ3n) is 5.19. The van der Waals surface area contributed by atoms with Crippen LogP contribution in [-0.4, -0.2) is 59.5 Å². The van der Waals surface area contributed by atoms with Crippen molar-refractivity contribution in [1.82, 2.24) is 25.6 Å². The van der Waals surface area contributed by atoms with E-state index in [4.69, 9.17) is 22.1 Å². The highest BCUT2D eigenvalue weighted by atomic mass is 35.5. The fourth-order valence-electron chi connectivity index (χ4n) is 3.49. The molecule has 1 aliphatic rings. The van der Waals surface area contributed by atoms with Gasteiger partial charge in [0.05, 0.1) is 35.3 Å². The normalized spacial score (nSPS) is 15.5. The Hall–Kier alpha value is -2.32. The molecule has 1 saturated heterocycles. The average Bonchev–Trinajstić information content (AvgIpc) is 3.22. The molecule has 1 amide bonds. The zero-order valence-electron chi connectivity index (χ0n) is 16.1. The Morgan fingerprint density at radius 1 is 1.43 bits per heavy atom. The molecule has 0 radical (unpaired) electrons. The Labute approximate surface area is 169 Å². The number of aromatic amines is 1. The molecule has 0 spiro atoms. The molecule has 1 aliphatic heterocycles. The van der Waals surface area contributed by atoms with Crippen LogP contribution >= 0.6 is 11.6 Å². The quantitative estimate of drug-likeness (QED) is 0.579. The molecule has 4 N–H and O–H groups in total. The maximum Gasteiger partial charge on any atom is 0.255 e. The number of aromatic nitrogens is 3. The Morgan fingerprint density at radius 3 is 2.89 bits per heavy atom. The first-order valence-corrected chi connectivity index (χ1v) is 9.93. The van der Waals surface area contributed by atoms with Crippen LogP contribution in [0.4, 0.5) is 5.69 Å². The van der Waals surface area contributed by atoms with Crippen molar-refractivity contribution in [3.05, 3.63) is 34.6 Å². The number of carbonyl (C=O) groups excluding carboxylic acids is 1. The van der Waals surface area contributed by atoms with Crippen LogP contribution in [0.3, 0.4) is 0 Å². The standard InChI is InChI=1S/C19H27ClN6O2/c1-28-18-10-17(21)16(20)9-15(18)19(27)22-11-13-4-7-26(8-5-13)6-2-3-14-12-23-25-24-14/h9-10,12-13H,2-8,11,21H2,1H3,(H,22,27)(H,23,24,25). The van der Waals surface area contributed by atoms with Gasteiger partial charge in [-0.2, -0.15) is 15.4 Å². The second-order valence-corrected chi connectivity index (χ2v) is 7.54. The van der Waals surface area contributed by atoms with Crippen LogP contribution in [-0.2, 0) is 6.42 Å². The van der Waals surface area contributed by atoms with Gasteiger partial charge in [0.25, 0.3) is 5.91 Å². The monoisotopic (exact) mass is 406 g/mol. The lowest BCUT2D eigenvalue weighted by Gasteiger charge is -2.32. The smallest absolute Gasteiger partial charge is 0.255 e. The number of piperidine rings is 1. The number of anilines is 1. The van der Waals surface area contributed by atoms with E-state index in [9.17, 15) is 4.79 Å². The van der Waals surface area contributed by atoms with Gasteiger partial charge in [0.1, 0.15) is 5.75 Å². The van der Waals surface area contributed by atoms with E-state index in [0.717, 1.165) is 51.0 Å².